The molecule has 3 aliphatic rings. The number of halogens is 1. The number of nitro groups is 1. The Kier molecular flexibility index (Phi) is 18.9. The van der Waals surface area contributed by atoms with Crippen LogP contribution in [0.25, 0.3) is 5.57 Å². The van der Waals surface area contributed by atoms with E-state index in [0.29, 0.717) is 43.4 Å². The van der Waals surface area contributed by atoms with Crippen LogP contribution >= 0.6 is 23.4 Å². The average molecular weight is 1060 g/mol. The Hall–Kier alpha value is -5.21. The number of aliphatic hydroxyl groups excluding tert-OH is 1. The number of sulfonamides is 1. The molecule has 0 saturated carbocycles. The first-order valence-corrected chi connectivity index (χ1v) is 27.9. The van der Waals surface area contributed by atoms with Crippen LogP contribution in [0.15, 0.2) is 112 Å². The van der Waals surface area contributed by atoms with E-state index in [9.17, 15) is 33.2 Å². The first kappa shape index (κ1) is 55.5. The van der Waals surface area contributed by atoms with E-state index >= 15 is 0 Å². The summed E-state index contributed by atoms with van der Waals surface area (Å²) in [6.45, 7) is 17.1. The quantitative estimate of drug-likeness (QED) is 0.0435. The van der Waals surface area contributed by atoms with Crippen molar-refractivity contribution in [3.8, 4) is 0 Å². The fourth-order valence-electron chi connectivity index (χ4n) is 9.79. The first-order chi connectivity index (χ1) is 34.8. The number of piperazine rings is 2. The summed E-state index contributed by atoms with van der Waals surface area (Å²) >= 11 is 7.92. The summed E-state index contributed by atoms with van der Waals surface area (Å²) in [5, 5.41) is 25.7. The highest BCUT2D eigenvalue weighted by atomic mass is 35.5. The number of allylic oxidation sites excluding steroid dienone is 1. The number of amides is 2. The lowest BCUT2D eigenvalue weighted by molar-refractivity contribution is -0.384. The molecule has 0 radical (unpaired) electrons. The number of carbonyl (C=O) groups excluding carboxylic acids is 2. The molecule has 0 bridgehead atoms. The minimum atomic E-state index is -4.49. The van der Waals surface area contributed by atoms with Gasteiger partial charge in [-0.15, -0.1) is 11.8 Å². The summed E-state index contributed by atoms with van der Waals surface area (Å²) < 4.78 is 34.9. The fourth-order valence-corrected chi connectivity index (χ4v) is 11.9. The van der Waals surface area contributed by atoms with Gasteiger partial charge in [-0.2, -0.15) is 0 Å². The van der Waals surface area contributed by atoms with Crippen molar-refractivity contribution in [2.45, 2.75) is 74.8 Å². The molecule has 0 spiro atoms. The fraction of sp³-hybridized carbons (Fsp3) is 0.481. The number of hydrogen-bond donors (Lipinski definition) is 3. The van der Waals surface area contributed by atoms with Gasteiger partial charge in [0.1, 0.15) is 11.3 Å². The highest BCUT2D eigenvalue weighted by Gasteiger charge is 2.36. The van der Waals surface area contributed by atoms with Gasteiger partial charge < -0.3 is 29.9 Å². The maximum Gasteiger partial charge on any atom is 0.410 e. The second-order valence-corrected chi connectivity index (χ2v) is 24.0. The van der Waals surface area contributed by atoms with Gasteiger partial charge in [0.25, 0.3) is 21.6 Å². The van der Waals surface area contributed by atoms with E-state index in [4.69, 9.17) is 16.3 Å². The molecular formula is C54H71ClN8O8S2. The number of thioether (sulfide) groups is 1. The van der Waals surface area contributed by atoms with Gasteiger partial charge in [0.2, 0.25) is 0 Å². The normalized spacial score (nSPS) is 18.7. The number of likely N-dealkylation sites (N-methyl/N-ethyl adjacent to an activating group) is 1. The van der Waals surface area contributed by atoms with Gasteiger partial charge in [0, 0.05) is 111 Å². The molecule has 7 rings (SSSR count). The van der Waals surface area contributed by atoms with Gasteiger partial charge in [0.05, 0.1) is 16.4 Å². The van der Waals surface area contributed by atoms with Crippen molar-refractivity contribution in [2.24, 2.45) is 5.41 Å². The molecule has 394 valence electrons. The lowest BCUT2D eigenvalue weighted by Crippen LogP contribution is -2.52. The van der Waals surface area contributed by atoms with Crippen LogP contribution in [0.3, 0.4) is 0 Å². The Bertz CT molecular complexity index is 2660. The van der Waals surface area contributed by atoms with Crippen molar-refractivity contribution >= 4 is 68.0 Å². The van der Waals surface area contributed by atoms with Gasteiger partial charge in [-0.25, -0.2) is 17.9 Å². The van der Waals surface area contributed by atoms with Crippen LogP contribution in [0.1, 0.15) is 69.3 Å². The highest BCUT2D eigenvalue weighted by Crippen LogP contribution is 2.44. The summed E-state index contributed by atoms with van der Waals surface area (Å²) in [6, 6.07) is 28.1. The third-order valence-electron chi connectivity index (χ3n) is 13.7. The summed E-state index contributed by atoms with van der Waals surface area (Å²) in [4.78, 5) is 49.6. The van der Waals surface area contributed by atoms with E-state index in [1.54, 1.807) is 23.9 Å². The number of nitro benzene ring substituents is 1. The molecule has 2 aliphatic heterocycles. The summed E-state index contributed by atoms with van der Waals surface area (Å²) in [5.74, 6) is -0.273. The lowest BCUT2D eigenvalue weighted by atomic mass is 9.71. The van der Waals surface area contributed by atoms with Gasteiger partial charge in [0.15, 0.2) is 0 Å². The molecule has 3 N–H and O–H groups in total. The minimum Gasteiger partial charge on any atom is -0.444 e. The van der Waals surface area contributed by atoms with Crippen molar-refractivity contribution < 1.29 is 32.8 Å². The predicted octanol–water partition coefficient (Wildman–Crippen LogP) is 8.57. The molecule has 0 aromatic heterocycles. The SMILES string of the molecule is CN(CCO)CCC(CSc1ccccc1)Nc1ccc(S(=O)(=O)NC(=O)c2ccc(N3CCN(CC4=C(c5ccc(Cl)cc5)CC[C@@](C)(CN5CCN(C(=O)OC(C)(C)C)CC5)C4)CC3)cc2)cc1[N+](=O)[O-]. The molecular weight excluding hydrogens is 988 g/mol. The molecule has 2 atom stereocenters. The zero-order chi connectivity index (χ0) is 52.3. The van der Waals surface area contributed by atoms with E-state index in [2.05, 4.69) is 43.8 Å². The maximum atomic E-state index is 13.6. The van der Waals surface area contributed by atoms with E-state index in [-0.39, 0.29) is 35.4 Å². The topological polar surface area (TPSA) is 181 Å². The third-order valence-corrected chi connectivity index (χ3v) is 16.5. The van der Waals surface area contributed by atoms with Crippen molar-refractivity contribution in [1.29, 1.82) is 0 Å². The number of aliphatic hydroxyl groups is 1. The summed E-state index contributed by atoms with van der Waals surface area (Å²) in [6.07, 6.45) is 3.35. The smallest absolute Gasteiger partial charge is 0.410 e. The Balaban J connectivity index is 0.949. The molecule has 4 aromatic carbocycles. The van der Waals surface area contributed by atoms with E-state index < -0.39 is 37.0 Å². The van der Waals surface area contributed by atoms with Gasteiger partial charge in [-0.3, -0.25) is 24.7 Å². The lowest BCUT2D eigenvalue weighted by Gasteiger charge is -2.44. The zero-order valence-electron chi connectivity index (χ0n) is 42.7. The van der Waals surface area contributed by atoms with Crippen molar-refractivity contribution in [3.05, 3.63) is 129 Å². The van der Waals surface area contributed by atoms with Crippen LogP contribution in [0.5, 0.6) is 0 Å². The molecule has 2 heterocycles. The standard InChI is InChI=1S/C54H71ClN8O8S2/c1-53(2,3)71-52(66)62-31-27-60(28-32-62)39-54(4)23-21-48(40-11-15-43(55)16-12-40)42(36-54)37-59-25-29-61(30-26-59)45-17-13-41(14-18-45)51(65)57-73(69,70)47-19-20-49(50(35-47)63(67)68)56-44(22-24-58(5)33-34-64)38-72-46-9-7-6-8-10-46/h6-20,35,44,56,64H,21-34,36-39H2,1-5H3,(H,57,65)/t44?,54-/m1/s1. The number of nitrogens with zero attached hydrogens (tertiary/aromatic N) is 6. The second-order valence-electron chi connectivity index (χ2n) is 20.8. The van der Waals surface area contributed by atoms with Crippen LogP contribution in [-0.4, -0.2) is 160 Å². The molecule has 73 heavy (non-hydrogen) atoms. The average Bonchev–Trinajstić information content (AvgIpc) is 3.35. The molecule has 4 aromatic rings. The molecule has 2 amide bonds. The van der Waals surface area contributed by atoms with Crippen molar-refractivity contribution in [2.75, 3.05) is 108 Å². The molecule has 16 nitrogen and oxygen atoms in total. The molecule has 19 heteroatoms. The third kappa shape index (κ3) is 15.9. The molecule has 2 saturated heterocycles. The zero-order valence-corrected chi connectivity index (χ0v) is 45.1. The Morgan fingerprint density at radius 3 is 2.23 bits per heavy atom. The van der Waals surface area contributed by atoms with Crippen LogP contribution in [-0.2, 0) is 14.8 Å². The van der Waals surface area contributed by atoms with E-state index in [1.807, 2.05) is 92.2 Å². The number of hydrogen-bond acceptors (Lipinski definition) is 14. The van der Waals surface area contributed by atoms with Crippen LogP contribution < -0.4 is 14.9 Å². The monoisotopic (exact) mass is 1060 g/mol. The molecule has 2 fully saturated rings. The van der Waals surface area contributed by atoms with Crippen molar-refractivity contribution in [1.82, 2.24) is 24.3 Å². The van der Waals surface area contributed by atoms with Crippen LogP contribution in [0.2, 0.25) is 5.02 Å². The molecule has 1 aliphatic carbocycles. The number of benzene rings is 4. The van der Waals surface area contributed by atoms with E-state index in [1.165, 1.54) is 28.8 Å². The van der Waals surface area contributed by atoms with Crippen LogP contribution in [0.4, 0.5) is 21.9 Å². The van der Waals surface area contributed by atoms with Gasteiger partial charge in [-0.05, 0) is 137 Å². The second kappa shape index (κ2) is 24.9. The Morgan fingerprint density at radius 1 is 0.918 bits per heavy atom. The highest BCUT2D eigenvalue weighted by molar-refractivity contribution is 7.99. The van der Waals surface area contributed by atoms with E-state index in [0.717, 1.165) is 88.3 Å². The number of nitrogens with one attached hydrogen (secondary N) is 2. The first-order valence-electron chi connectivity index (χ1n) is 25.1. The molecule has 1 unspecified atom stereocenters. The number of ether oxygens (including phenoxy) is 1. The maximum absolute atomic E-state index is 13.6. The van der Waals surface area contributed by atoms with Gasteiger partial charge in [-0.1, -0.05) is 54.4 Å². The number of anilines is 2. The Morgan fingerprint density at radius 2 is 1.59 bits per heavy atom. The van der Waals surface area contributed by atoms with Gasteiger partial charge >= 0.3 is 6.09 Å². The summed E-state index contributed by atoms with van der Waals surface area (Å²) in [5.41, 5.74) is 4.37. The number of carbonyl (C=O) groups is 2. The number of rotatable bonds is 20. The van der Waals surface area contributed by atoms with Crippen molar-refractivity contribution in [3.63, 3.8) is 0 Å². The minimum absolute atomic E-state index is 0.00592. The summed E-state index contributed by atoms with van der Waals surface area (Å²) in [7, 11) is -2.61. The largest absolute Gasteiger partial charge is 0.444 e. The predicted molar refractivity (Wildman–Crippen MR) is 291 cm³/mol. The van der Waals surface area contributed by atoms with Crippen LogP contribution in [0, 0.1) is 15.5 Å². The Labute approximate surface area is 440 Å².